The van der Waals surface area contributed by atoms with Gasteiger partial charge in [0.15, 0.2) is 5.78 Å². The molecule has 26 heavy (non-hydrogen) atoms. The van der Waals surface area contributed by atoms with Gasteiger partial charge in [-0.25, -0.2) is 0 Å². The number of hydrogen-bond donors (Lipinski definition) is 1. The molecule has 0 aliphatic carbocycles. The zero-order valence-electron chi connectivity index (χ0n) is 14.6. The van der Waals surface area contributed by atoms with E-state index in [-0.39, 0.29) is 5.57 Å². The summed E-state index contributed by atoms with van der Waals surface area (Å²) >= 11 is 0. The molecule has 0 aromatic heterocycles. The van der Waals surface area contributed by atoms with Crippen LogP contribution in [0.5, 0.6) is 5.75 Å². The van der Waals surface area contributed by atoms with Gasteiger partial charge in [0.1, 0.15) is 11.7 Å². The molecule has 5 nitrogen and oxygen atoms in total. The molecule has 1 heterocycles. The molecule has 2 aromatic carbocycles. The Balaban J connectivity index is 1.95. The van der Waals surface area contributed by atoms with Crippen molar-refractivity contribution in [3.63, 3.8) is 0 Å². The maximum absolute atomic E-state index is 12.9. The van der Waals surface area contributed by atoms with E-state index in [9.17, 15) is 14.4 Å². The van der Waals surface area contributed by atoms with Crippen LogP contribution >= 0.6 is 0 Å². The molecule has 1 unspecified atom stereocenters. The third-order valence-corrected chi connectivity index (χ3v) is 4.15. The van der Waals surface area contributed by atoms with Gasteiger partial charge >= 0.3 is 0 Å². The van der Waals surface area contributed by atoms with Crippen LogP contribution in [0.2, 0.25) is 0 Å². The van der Waals surface area contributed by atoms with Crippen molar-refractivity contribution in [2.24, 2.45) is 0 Å². The van der Waals surface area contributed by atoms with E-state index in [4.69, 9.17) is 4.74 Å². The SMILES string of the molecule is CCOc1ccc(C2C(=O)NC(=O)/C(=C\c3cccc(C)c3)C2=O)cc1. The number of benzene rings is 2. The first-order chi connectivity index (χ1) is 12.5. The summed E-state index contributed by atoms with van der Waals surface area (Å²) in [6, 6.07) is 14.2. The van der Waals surface area contributed by atoms with Crippen LogP contribution in [-0.4, -0.2) is 24.2 Å². The smallest absolute Gasteiger partial charge is 0.261 e. The highest BCUT2D eigenvalue weighted by Crippen LogP contribution is 2.27. The van der Waals surface area contributed by atoms with E-state index in [1.165, 1.54) is 6.08 Å². The Morgan fingerprint density at radius 3 is 2.46 bits per heavy atom. The highest BCUT2D eigenvalue weighted by Gasteiger charge is 2.39. The highest BCUT2D eigenvalue weighted by atomic mass is 16.5. The lowest BCUT2D eigenvalue weighted by atomic mass is 9.85. The van der Waals surface area contributed by atoms with Crippen LogP contribution in [0.1, 0.15) is 29.5 Å². The number of ketones is 1. The number of Topliss-reactive ketones (excluding diaryl/α,β-unsaturated/α-hetero) is 1. The minimum atomic E-state index is -1.04. The van der Waals surface area contributed by atoms with E-state index < -0.39 is 23.5 Å². The van der Waals surface area contributed by atoms with E-state index in [1.54, 1.807) is 24.3 Å². The van der Waals surface area contributed by atoms with Crippen molar-refractivity contribution in [1.29, 1.82) is 0 Å². The summed E-state index contributed by atoms with van der Waals surface area (Å²) in [7, 11) is 0. The van der Waals surface area contributed by atoms with E-state index in [1.807, 2.05) is 38.1 Å². The summed E-state index contributed by atoms with van der Waals surface area (Å²) in [5.74, 6) is -2.15. The first-order valence-electron chi connectivity index (χ1n) is 8.40. The Kier molecular flexibility index (Phi) is 4.98. The van der Waals surface area contributed by atoms with Gasteiger partial charge in [0.2, 0.25) is 5.91 Å². The second-order valence-electron chi connectivity index (χ2n) is 6.09. The minimum Gasteiger partial charge on any atom is -0.494 e. The molecular formula is C21H19NO4. The standard InChI is InChI=1S/C21H19NO4/c1-3-26-16-9-7-15(8-10-16)18-19(23)17(20(24)22-21(18)25)12-14-6-4-5-13(2)11-14/h4-12,18H,3H2,1-2H3,(H,22,24,25)/b17-12-. The van der Waals surface area contributed by atoms with Gasteiger partial charge in [-0.2, -0.15) is 0 Å². The second-order valence-corrected chi connectivity index (χ2v) is 6.09. The molecule has 1 N–H and O–H groups in total. The topological polar surface area (TPSA) is 72.5 Å². The quantitative estimate of drug-likeness (QED) is 0.399. The maximum Gasteiger partial charge on any atom is 0.261 e. The summed E-state index contributed by atoms with van der Waals surface area (Å²) in [6.07, 6.45) is 1.53. The number of rotatable bonds is 4. The zero-order chi connectivity index (χ0) is 18.7. The lowest BCUT2D eigenvalue weighted by molar-refractivity contribution is -0.136. The van der Waals surface area contributed by atoms with Crippen LogP contribution in [0.15, 0.2) is 54.1 Å². The normalized spacial score (nSPS) is 18.8. The number of imide groups is 1. The van der Waals surface area contributed by atoms with Gasteiger partial charge in [-0.15, -0.1) is 0 Å². The van der Waals surface area contributed by atoms with Gasteiger partial charge in [0, 0.05) is 0 Å². The van der Waals surface area contributed by atoms with Crippen molar-refractivity contribution in [2.75, 3.05) is 6.61 Å². The van der Waals surface area contributed by atoms with Crippen LogP contribution in [0.3, 0.4) is 0 Å². The molecule has 0 saturated carbocycles. The zero-order valence-corrected chi connectivity index (χ0v) is 14.6. The average molecular weight is 349 g/mol. The first kappa shape index (κ1) is 17.6. The number of amides is 2. The molecule has 3 rings (SSSR count). The molecule has 2 amide bonds. The number of carbonyl (C=O) groups is 3. The average Bonchev–Trinajstić information content (AvgIpc) is 2.60. The molecule has 0 radical (unpaired) electrons. The number of nitrogens with one attached hydrogen (secondary N) is 1. The van der Waals surface area contributed by atoms with Crippen molar-refractivity contribution in [3.05, 3.63) is 70.8 Å². The Morgan fingerprint density at radius 2 is 1.81 bits per heavy atom. The molecule has 0 spiro atoms. The Hall–Kier alpha value is -3.21. The van der Waals surface area contributed by atoms with Crippen molar-refractivity contribution < 1.29 is 19.1 Å². The van der Waals surface area contributed by atoms with Gasteiger partial charge in [0.25, 0.3) is 5.91 Å². The molecule has 1 aliphatic heterocycles. The number of hydrogen-bond acceptors (Lipinski definition) is 4. The molecule has 132 valence electrons. The van der Waals surface area contributed by atoms with Gasteiger partial charge in [-0.3, -0.25) is 19.7 Å². The van der Waals surface area contributed by atoms with E-state index in [2.05, 4.69) is 5.32 Å². The fourth-order valence-corrected chi connectivity index (χ4v) is 2.93. The van der Waals surface area contributed by atoms with Gasteiger partial charge < -0.3 is 4.74 Å². The Morgan fingerprint density at radius 1 is 1.08 bits per heavy atom. The van der Waals surface area contributed by atoms with E-state index >= 15 is 0 Å². The summed E-state index contributed by atoms with van der Waals surface area (Å²) < 4.78 is 5.38. The van der Waals surface area contributed by atoms with Crippen molar-refractivity contribution >= 4 is 23.7 Å². The number of piperidine rings is 1. The fourth-order valence-electron chi connectivity index (χ4n) is 2.93. The van der Waals surface area contributed by atoms with E-state index in [0.29, 0.717) is 17.9 Å². The predicted octanol–water partition coefficient (Wildman–Crippen LogP) is 2.79. The Labute approximate surface area is 151 Å². The van der Waals surface area contributed by atoms with Crippen LogP contribution < -0.4 is 10.1 Å². The lowest BCUT2D eigenvalue weighted by Gasteiger charge is -2.22. The van der Waals surface area contributed by atoms with Gasteiger partial charge in [-0.05, 0) is 43.2 Å². The van der Waals surface area contributed by atoms with Crippen LogP contribution in [0, 0.1) is 6.92 Å². The van der Waals surface area contributed by atoms with Crippen molar-refractivity contribution in [1.82, 2.24) is 5.32 Å². The lowest BCUT2D eigenvalue weighted by Crippen LogP contribution is -2.46. The molecule has 1 saturated heterocycles. The largest absolute Gasteiger partial charge is 0.494 e. The van der Waals surface area contributed by atoms with Crippen molar-refractivity contribution in [3.8, 4) is 5.75 Å². The molecule has 0 bridgehead atoms. The number of aryl methyl sites for hydroxylation is 1. The summed E-state index contributed by atoms with van der Waals surface area (Å²) in [5, 5.41) is 2.28. The maximum atomic E-state index is 12.9. The summed E-state index contributed by atoms with van der Waals surface area (Å²) in [6.45, 7) is 4.33. The fraction of sp³-hybridized carbons (Fsp3) is 0.190. The van der Waals surface area contributed by atoms with Crippen molar-refractivity contribution in [2.45, 2.75) is 19.8 Å². The van der Waals surface area contributed by atoms with Crippen LogP contribution in [0.25, 0.3) is 6.08 Å². The van der Waals surface area contributed by atoms with Gasteiger partial charge in [-0.1, -0.05) is 42.0 Å². The number of carbonyl (C=O) groups excluding carboxylic acids is 3. The highest BCUT2D eigenvalue weighted by molar-refractivity contribution is 6.36. The summed E-state index contributed by atoms with van der Waals surface area (Å²) in [5.41, 5.74) is 2.26. The predicted molar refractivity (Wildman–Crippen MR) is 97.7 cm³/mol. The summed E-state index contributed by atoms with van der Waals surface area (Å²) in [4.78, 5) is 37.3. The number of ether oxygens (including phenoxy) is 1. The molecule has 2 aromatic rings. The molecule has 1 fully saturated rings. The van der Waals surface area contributed by atoms with Gasteiger partial charge in [0.05, 0.1) is 12.2 Å². The third kappa shape index (κ3) is 3.57. The van der Waals surface area contributed by atoms with E-state index in [0.717, 1.165) is 11.1 Å². The van der Waals surface area contributed by atoms with Crippen LogP contribution in [-0.2, 0) is 14.4 Å². The molecule has 1 atom stereocenters. The third-order valence-electron chi connectivity index (χ3n) is 4.15. The molecule has 5 heteroatoms. The second kappa shape index (κ2) is 7.35. The molecule has 1 aliphatic rings. The molecular weight excluding hydrogens is 330 g/mol. The minimum absolute atomic E-state index is 0.0194. The van der Waals surface area contributed by atoms with Crippen LogP contribution in [0.4, 0.5) is 0 Å². The monoisotopic (exact) mass is 349 g/mol. The Bertz CT molecular complexity index is 896. The first-order valence-corrected chi connectivity index (χ1v) is 8.40.